The van der Waals surface area contributed by atoms with Gasteiger partial charge in [-0.05, 0) is 30.4 Å². The number of carbonyl (C=O) groups excluding carboxylic acids is 3. The van der Waals surface area contributed by atoms with Gasteiger partial charge in [-0.3, -0.25) is 14.4 Å². The first-order valence-electron chi connectivity index (χ1n) is 6.77. The third kappa shape index (κ3) is 1.39. The second-order valence-corrected chi connectivity index (χ2v) is 6.11. The Bertz CT molecular complexity index is 602. The molecule has 2 unspecified atom stereocenters. The molecule has 1 aromatic rings. The van der Waals surface area contributed by atoms with E-state index in [1.54, 1.807) is 24.3 Å². The van der Waals surface area contributed by atoms with Gasteiger partial charge in [-0.2, -0.15) is 0 Å². The molecule has 0 N–H and O–H groups in total. The predicted octanol–water partition coefficient (Wildman–Crippen LogP) is 2.17. The number of fused-ring (bicyclic) bond motifs is 2. The lowest BCUT2D eigenvalue weighted by Crippen LogP contribution is -2.46. The van der Waals surface area contributed by atoms with Gasteiger partial charge in [0.2, 0.25) is 11.6 Å². The maximum absolute atomic E-state index is 12.6. The molecule has 2 aliphatic rings. The van der Waals surface area contributed by atoms with E-state index in [-0.39, 0.29) is 5.92 Å². The van der Waals surface area contributed by atoms with Crippen LogP contribution in [-0.4, -0.2) is 17.5 Å². The highest BCUT2D eigenvalue weighted by molar-refractivity contribution is 6.47. The molecule has 2 atom stereocenters. The Morgan fingerprint density at radius 1 is 1.20 bits per heavy atom. The topological polar surface area (TPSA) is 60.4 Å². The van der Waals surface area contributed by atoms with Crippen molar-refractivity contribution in [3.05, 3.63) is 30.3 Å². The standard InChI is InChI=1S/C16H16O4/c1-15(2)11-8-9-16(15,13(18)12(11)17)14(19)20-10-6-4-3-5-7-10/h3-7,11H,8-9H2,1-2H3. The van der Waals surface area contributed by atoms with E-state index in [2.05, 4.69) is 0 Å². The minimum Gasteiger partial charge on any atom is -0.426 e. The Morgan fingerprint density at radius 3 is 2.40 bits per heavy atom. The second-order valence-electron chi connectivity index (χ2n) is 6.11. The molecule has 2 fully saturated rings. The minimum atomic E-state index is -1.30. The summed E-state index contributed by atoms with van der Waals surface area (Å²) in [5.74, 6) is -1.52. The molecule has 0 saturated heterocycles. The molecule has 4 heteroatoms. The van der Waals surface area contributed by atoms with Gasteiger partial charge in [-0.25, -0.2) is 0 Å². The molecule has 0 aliphatic heterocycles. The van der Waals surface area contributed by atoms with Gasteiger partial charge in [0.05, 0.1) is 0 Å². The van der Waals surface area contributed by atoms with Crippen LogP contribution in [0.2, 0.25) is 0 Å². The third-order valence-corrected chi connectivity index (χ3v) is 5.01. The molecule has 1 aromatic carbocycles. The molecule has 3 rings (SSSR count). The fourth-order valence-electron chi connectivity index (χ4n) is 3.72. The van der Waals surface area contributed by atoms with Gasteiger partial charge in [0, 0.05) is 5.92 Å². The van der Waals surface area contributed by atoms with Crippen molar-refractivity contribution in [2.45, 2.75) is 26.7 Å². The highest BCUT2D eigenvalue weighted by Crippen LogP contribution is 2.62. The van der Waals surface area contributed by atoms with Crippen LogP contribution in [0.4, 0.5) is 0 Å². The lowest BCUT2D eigenvalue weighted by Gasteiger charge is -2.32. The number of rotatable bonds is 2. The summed E-state index contributed by atoms with van der Waals surface area (Å²) in [6, 6.07) is 8.65. The third-order valence-electron chi connectivity index (χ3n) is 5.01. The minimum absolute atomic E-state index is 0.349. The zero-order chi connectivity index (χ0) is 14.5. The summed E-state index contributed by atoms with van der Waals surface area (Å²) in [4.78, 5) is 36.8. The number of para-hydroxylation sites is 1. The largest absolute Gasteiger partial charge is 0.426 e. The van der Waals surface area contributed by atoms with Crippen molar-refractivity contribution in [1.29, 1.82) is 0 Å². The van der Waals surface area contributed by atoms with Crippen molar-refractivity contribution in [1.82, 2.24) is 0 Å². The van der Waals surface area contributed by atoms with Crippen LogP contribution < -0.4 is 4.74 Å². The molecule has 2 bridgehead atoms. The smallest absolute Gasteiger partial charge is 0.326 e. The van der Waals surface area contributed by atoms with Crippen LogP contribution >= 0.6 is 0 Å². The van der Waals surface area contributed by atoms with Crippen LogP contribution in [0.15, 0.2) is 30.3 Å². The molecule has 0 spiro atoms. The molecule has 0 heterocycles. The summed E-state index contributed by atoms with van der Waals surface area (Å²) in [7, 11) is 0. The number of ketones is 2. The number of esters is 1. The summed E-state index contributed by atoms with van der Waals surface area (Å²) in [5.41, 5.74) is -1.96. The number of benzene rings is 1. The number of hydrogen-bond acceptors (Lipinski definition) is 4. The van der Waals surface area contributed by atoms with E-state index in [1.165, 1.54) is 0 Å². The number of hydrogen-bond donors (Lipinski definition) is 0. The van der Waals surface area contributed by atoms with E-state index in [1.807, 2.05) is 19.9 Å². The fraction of sp³-hybridized carbons (Fsp3) is 0.438. The maximum atomic E-state index is 12.6. The first kappa shape index (κ1) is 13.0. The van der Waals surface area contributed by atoms with Gasteiger partial charge < -0.3 is 4.74 Å². The average Bonchev–Trinajstić information content (AvgIpc) is 2.76. The van der Waals surface area contributed by atoms with Gasteiger partial charge in [0.25, 0.3) is 0 Å². The molecule has 0 aromatic heterocycles. The van der Waals surface area contributed by atoms with E-state index in [4.69, 9.17) is 4.74 Å². The van der Waals surface area contributed by atoms with Crippen LogP contribution in [0.25, 0.3) is 0 Å². The van der Waals surface area contributed by atoms with E-state index in [0.29, 0.717) is 18.6 Å². The number of ether oxygens (including phenoxy) is 1. The van der Waals surface area contributed by atoms with Gasteiger partial charge in [-0.15, -0.1) is 0 Å². The Hall–Kier alpha value is -1.97. The van der Waals surface area contributed by atoms with Crippen LogP contribution in [0.1, 0.15) is 26.7 Å². The highest BCUT2D eigenvalue weighted by atomic mass is 16.5. The molecule has 0 amide bonds. The summed E-state index contributed by atoms with van der Waals surface area (Å²) >= 11 is 0. The normalized spacial score (nSPS) is 30.6. The average molecular weight is 272 g/mol. The van der Waals surface area contributed by atoms with Crippen molar-refractivity contribution >= 4 is 17.5 Å². The van der Waals surface area contributed by atoms with Crippen LogP contribution in [0.3, 0.4) is 0 Å². The Labute approximate surface area is 117 Å². The molecular weight excluding hydrogens is 256 g/mol. The Balaban J connectivity index is 1.98. The summed E-state index contributed by atoms with van der Waals surface area (Å²) in [6.45, 7) is 3.64. The van der Waals surface area contributed by atoms with Gasteiger partial charge in [0.1, 0.15) is 11.2 Å². The van der Waals surface area contributed by atoms with E-state index < -0.39 is 28.4 Å². The zero-order valence-electron chi connectivity index (χ0n) is 11.5. The molecule has 4 nitrogen and oxygen atoms in total. The summed E-state index contributed by atoms with van der Waals surface area (Å²) < 4.78 is 5.36. The van der Waals surface area contributed by atoms with Gasteiger partial charge >= 0.3 is 5.97 Å². The monoisotopic (exact) mass is 272 g/mol. The van der Waals surface area contributed by atoms with E-state index >= 15 is 0 Å². The molecule has 104 valence electrons. The molecule has 20 heavy (non-hydrogen) atoms. The predicted molar refractivity (Wildman–Crippen MR) is 71.0 cm³/mol. The Kier molecular flexibility index (Phi) is 2.61. The number of Topliss-reactive ketones (excluding diaryl/α,β-unsaturated/α-hetero) is 2. The highest BCUT2D eigenvalue weighted by Gasteiger charge is 2.73. The van der Waals surface area contributed by atoms with Crippen molar-refractivity contribution < 1.29 is 19.1 Å². The Morgan fingerprint density at radius 2 is 1.85 bits per heavy atom. The molecule has 0 radical (unpaired) electrons. The molecule has 2 aliphatic carbocycles. The van der Waals surface area contributed by atoms with Gasteiger partial charge in [-0.1, -0.05) is 32.0 Å². The van der Waals surface area contributed by atoms with Crippen molar-refractivity contribution in [3.63, 3.8) is 0 Å². The summed E-state index contributed by atoms with van der Waals surface area (Å²) in [5, 5.41) is 0. The second kappa shape index (κ2) is 4.01. The maximum Gasteiger partial charge on any atom is 0.326 e. The van der Waals surface area contributed by atoms with Crippen LogP contribution in [-0.2, 0) is 14.4 Å². The quantitative estimate of drug-likeness (QED) is 0.358. The lowest BCUT2D eigenvalue weighted by molar-refractivity contribution is -0.157. The van der Waals surface area contributed by atoms with Gasteiger partial charge in [0.15, 0.2) is 0 Å². The SMILES string of the molecule is CC1(C)C2CCC1(C(=O)Oc1ccccc1)C(=O)C2=O. The van der Waals surface area contributed by atoms with E-state index in [9.17, 15) is 14.4 Å². The van der Waals surface area contributed by atoms with Crippen molar-refractivity contribution in [2.24, 2.45) is 16.7 Å². The fourth-order valence-corrected chi connectivity index (χ4v) is 3.72. The van der Waals surface area contributed by atoms with Crippen molar-refractivity contribution in [3.8, 4) is 5.75 Å². The molecular formula is C16H16O4. The lowest BCUT2D eigenvalue weighted by atomic mass is 9.69. The van der Waals surface area contributed by atoms with E-state index in [0.717, 1.165) is 0 Å². The van der Waals surface area contributed by atoms with Crippen LogP contribution in [0.5, 0.6) is 5.75 Å². The number of carbonyl (C=O) groups is 3. The first-order valence-corrected chi connectivity index (χ1v) is 6.77. The first-order chi connectivity index (χ1) is 9.41. The summed E-state index contributed by atoms with van der Waals surface area (Å²) in [6.07, 6.45) is 0.988. The molecule has 2 saturated carbocycles. The zero-order valence-corrected chi connectivity index (χ0v) is 11.5. The van der Waals surface area contributed by atoms with Crippen molar-refractivity contribution in [2.75, 3.05) is 0 Å². The van der Waals surface area contributed by atoms with Crippen LogP contribution in [0, 0.1) is 16.7 Å².